The molecule has 5 nitrogen and oxygen atoms in total. The average molecular weight is 334 g/mol. The number of nitrogens with one attached hydrogen (secondary N) is 1. The Balaban J connectivity index is 1.38. The number of benzene rings is 1. The first-order valence-electron chi connectivity index (χ1n) is 8.64. The van der Waals surface area contributed by atoms with E-state index < -0.39 is 0 Å². The number of hydrogen-bond acceptors (Lipinski definition) is 4. The smallest absolute Gasteiger partial charge is 0.122 e. The van der Waals surface area contributed by atoms with Crippen molar-refractivity contribution in [1.82, 2.24) is 20.1 Å². The Hall–Kier alpha value is -2.66. The molecule has 0 amide bonds. The van der Waals surface area contributed by atoms with Gasteiger partial charge in [0.2, 0.25) is 0 Å². The van der Waals surface area contributed by atoms with E-state index in [0.717, 1.165) is 43.1 Å². The van der Waals surface area contributed by atoms with E-state index in [1.807, 2.05) is 36.1 Å². The maximum Gasteiger partial charge on any atom is 0.122 e. The van der Waals surface area contributed by atoms with Crippen LogP contribution in [0.5, 0.6) is 5.75 Å². The standard InChI is InChI=1S/C20H22N4O/c1-24-13-18(20(23-24)17-6-4-8-21-11-17)12-22-10-15-9-16-5-2-3-7-19(16)25-14-15/h2-8,11,13,15,22H,9-10,12,14H2,1H3/t15-/m0/s1. The van der Waals surface area contributed by atoms with Crippen molar-refractivity contribution in [2.45, 2.75) is 13.0 Å². The topological polar surface area (TPSA) is 52.0 Å². The molecule has 5 heteroatoms. The second-order valence-electron chi connectivity index (χ2n) is 6.54. The first-order chi connectivity index (χ1) is 12.3. The molecule has 128 valence electrons. The molecule has 25 heavy (non-hydrogen) atoms. The van der Waals surface area contributed by atoms with Crippen molar-refractivity contribution in [3.8, 4) is 17.0 Å². The van der Waals surface area contributed by atoms with Gasteiger partial charge in [0, 0.05) is 55.8 Å². The Morgan fingerprint density at radius 2 is 2.16 bits per heavy atom. The quantitative estimate of drug-likeness (QED) is 0.779. The van der Waals surface area contributed by atoms with Crippen LogP contribution >= 0.6 is 0 Å². The van der Waals surface area contributed by atoms with Crippen LogP contribution in [-0.2, 0) is 20.0 Å². The predicted molar refractivity (Wildman–Crippen MR) is 97.3 cm³/mol. The third-order valence-corrected chi connectivity index (χ3v) is 4.54. The monoisotopic (exact) mass is 334 g/mol. The summed E-state index contributed by atoms with van der Waals surface area (Å²) in [7, 11) is 1.95. The molecule has 1 N–H and O–H groups in total. The lowest BCUT2D eigenvalue weighted by Crippen LogP contribution is -2.31. The lowest BCUT2D eigenvalue weighted by Gasteiger charge is -2.25. The summed E-state index contributed by atoms with van der Waals surface area (Å²) in [5.41, 5.74) is 4.54. The van der Waals surface area contributed by atoms with E-state index in [0.29, 0.717) is 5.92 Å². The first kappa shape index (κ1) is 15.8. The Morgan fingerprint density at radius 1 is 1.24 bits per heavy atom. The summed E-state index contributed by atoms with van der Waals surface area (Å²) in [5.74, 6) is 1.53. The van der Waals surface area contributed by atoms with E-state index in [-0.39, 0.29) is 0 Å². The second-order valence-corrected chi connectivity index (χ2v) is 6.54. The van der Waals surface area contributed by atoms with E-state index in [4.69, 9.17) is 4.74 Å². The Kier molecular flexibility index (Phi) is 4.48. The number of para-hydroxylation sites is 1. The van der Waals surface area contributed by atoms with Crippen molar-refractivity contribution in [2.24, 2.45) is 13.0 Å². The summed E-state index contributed by atoms with van der Waals surface area (Å²) in [6.45, 7) is 2.48. The summed E-state index contributed by atoms with van der Waals surface area (Å²) in [5, 5.41) is 8.16. The minimum atomic E-state index is 0.494. The van der Waals surface area contributed by atoms with Crippen LogP contribution in [0.2, 0.25) is 0 Å². The SMILES string of the molecule is Cn1cc(CNC[C@H]2COc3ccccc3C2)c(-c2cccnc2)n1. The largest absolute Gasteiger partial charge is 0.493 e. The van der Waals surface area contributed by atoms with Gasteiger partial charge in [0.05, 0.1) is 12.3 Å². The number of rotatable bonds is 5. The van der Waals surface area contributed by atoms with Crippen LogP contribution in [0.25, 0.3) is 11.3 Å². The van der Waals surface area contributed by atoms with Gasteiger partial charge in [0.15, 0.2) is 0 Å². The van der Waals surface area contributed by atoms with Crippen LogP contribution < -0.4 is 10.1 Å². The summed E-state index contributed by atoms with van der Waals surface area (Å²) >= 11 is 0. The lowest BCUT2D eigenvalue weighted by atomic mass is 9.96. The minimum Gasteiger partial charge on any atom is -0.493 e. The van der Waals surface area contributed by atoms with Crippen molar-refractivity contribution >= 4 is 0 Å². The maximum atomic E-state index is 5.87. The van der Waals surface area contributed by atoms with Gasteiger partial charge in [-0.3, -0.25) is 9.67 Å². The van der Waals surface area contributed by atoms with Crippen LogP contribution in [0.3, 0.4) is 0 Å². The molecule has 1 aromatic carbocycles. The molecule has 4 rings (SSSR count). The molecule has 0 saturated carbocycles. The number of aromatic nitrogens is 3. The van der Waals surface area contributed by atoms with Crippen LogP contribution in [0, 0.1) is 5.92 Å². The summed E-state index contributed by atoms with van der Waals surface area (Å²) < 4.78 is 7.73. The van der Waals surface area contributed by atoms with E-state index in [1.54, 1.807) is 6.20 Å². The molecule has 0 radical (unpaired) electrons. The third-order valence-electron chi connectivity index (χ3n) is 4.54. The zero-order valence-electron chi connectivity index (χ0n) is 14.4. The Labute approximate surface area is 147 Å². The maximum absolute atomic E-state index is 5.87. The van der Waals surface area contributed by atoms with Gasteiger partial charge in [-0.05, 0) is 30.2 Å². The fourth-order valence-electron chi connectivity index (χ4n) is 3.35. The number of pyridine rings is 1. The molecule has 0 bridgehead atoms. The highest BCUT2D eigenvalue weighted by Crippen LogP contribution is 2.26. The Bertz CT molecular complexity index is 844. The molecule has 3 heterocycles. The van der Waals surface area contributed by atoms with Gasteiger partial charge in [-0.25, -0.2) is 0 Å². The van der Waals surface area contributed by atoms with Gasteiger partial charge in [-0.2, -0.15) is 5.10 Å². The van der Waals surface area contributed by atoms with Gasteiger partial charge in [-0.15, -0.1) is 0 Å². The normalized spacial score (nSPS) is 16.3. The number of ether oxygens (including phenoxy) is 1. The molecule has 0 spiro atoms. The summed E-state index contributed by atoms with van der Waals surface area (Å²) in [4.78, 5) is 4.20. The molecule has 2 aromatic heterocycles. The molecule has 0 saturated heterocycles. The highest BCUT2D eigenvalue weighted by molar-refractivity contribution is 5.61. The fraction of sp³-hybridized carbons (Fsp3) is 0.300. The van der Waals surface area contributed by atoms with Crippen molar-refractivity contribution in [3.63, 3.8) is 0 Å². The Morgan fingerprint density at radius 3 is 3.04 bits per heavy atom. The van der Waals surface area contributed by atoms with Gasteiger partial charge < -0.3 is 10.1 Å². The van der Waals surface area contributed by atoms with E-state index in [2.05, 4.69) is 39.8 Å². The van der Waals surface area contributed by atoms with Crippen LogP contribution in [-0.4, -0.2) is 27.9 Å². The molecule has 1 atom stereocenters. The van der Waals surface area contributed by atoms with Crippen molar-refractivity contribution in [1.29, 1.82) is 0 Å². The highest BCUT2D eigenvalue weighted by Gasteiger charge is 2.19. The van der Waals surface area contributed by atoms with Crippen molar-refractivity contribution in [2.75, 3.05) is 13.2 Å². The third kappa shape index (κ3) is 3.56. The number of nitrogens with zero attached hydrogens (tertiary/aromatic N) is 3. The predicted octanol–water partition coefficient (Wildman–Crippen LogP) is 2.82. The van der Waals surface area contributed by atoms with E-state index >= 15 is 0 Å². The van der Waals surface area contributed by atoms with Crippen LogP contribution in [0.1, 0.15) is 11.1 Å². The molecule has 0 unspecified atom stereocenters. The summed E-state index contributed by atoms with van der Waals surface area (Å²) in [6, 6.07) is 12.3. The molecule has 3 aromatic rings. The zero-order chi connectivity index (χ0) is 17.1. The van der Waals surface area contributed by atoms with E-state index in [1.165, 1.54) is 11.1 Å². The highest BCUT2D eigenvalue weighted by atomic mass is 16.5. The van der Waals surface area contributed by atoms with Gasteiger partial charge in [0.1, 0.15) is 5.75 Å². The van der Waals surface area contributed by atoms with Gasteiger partial charge >= 0.3 is 0 Å². The molecular formula is C20H22N4O. The van der Waals surface area contributed by atoms with Crippen LogP contribution in [0.15, 0.2) is 55.0 Å². The summed E-state index contributed by atoms with van der Waals surface area (Å²) in [6.07, 6.45) is 6.77. The second kappa shape index (κ2) is 7.07. The van der Waals surface area contributed by atoms with Crippen LogP contribution in [0.4, 0.5) is 0 Å². The van der Waals surface area contributed by atoms with Crippen molar-refractivity contribution in [3.05, 3.63) is 66.1 Å². The number of hydrogen-bond donors (Lipinski definition) is 1. The van der Waals surface area contributed by atoms with Gasteiger partial charge in [-0.1, -0.05) is 18.2 Å². The molecular weight excluding hydrogens is 312 g/mol. The minimum absolute atomic E-state index is 0.494. The zero-order valence-corrected chi connectivity index (χ0v) is 14.4. The van der Waals surface area contributed by atoms with Gasteiger partial charge in [0.25, 0.3) is 0 Å². The fourth-order valence-corrected chi connectivity index (χ4v) is 3.35. The average Bonchev–Trinajstić information content (AvgIpc) is 3.03. The number of aryl methyl sites for hydroxylation is 1. The van der Waals surface area contributed by atoms with E-state index in [9.17, 15) is 0 Å². The molecule has 0 aliphatic carbocycles. The molecule has 1 aliphatic heterocycles. The molecule has 1 aliphatic rings. The van der Waals surface area contributed by atoms with Crippen molar-refractivity contribution < 1.29 is 4.74 Å². The number of fused-ring (bicyclic) bond motifs is 1. The first-order valence-corrected chi connectivity index (χ1v) is 8.64. The molecule has 0 fully saturated rings. The lowest BCUT2D eigenvalue weighted by molar-refractivity contribution is 0.218.